The first kappa shape index (κ1) is 15.5. The monoisotopic (exact) mass is 314 g/mol. The molecule has 1 atom stereocenters. The van der Waals surface area contributed by atoms with E-state index in [1.54, 1.807) is 7.11 Å². The predicted molar refractivity (Wildman–Crippen MR) is 79.6 cm³/mol. The molecule has 0 fully saturated rings. The SMILES string of the molecule is COc1ccc(Br)cc1CC(CCC(C)C)NN. The minimum atomic E-state index is 0.288. The third kappa shape index (κ3) is 4.96. The molecule has 1 aromatic rings. The molecule has 0 spiro atoms. The van der Waals surface area contributed by atoms with Gasteiger partial charge in [-0.1, -0.05) is 29.8 Å². The highest BCUT2D eigenvalue weighted by molar-refractivity contribution is 9.10. The molecule has 1 aromatic carbocycles. The minimum Gasteiger partial charge on any atom is -0.496 e. The van der Waals surface area contributed by atoms with Gasteiger partial charge in [-0.3, -0.25) is 11.3 Å². The van der Waals surface area contributed by atoms with E-state index in [1.807, 2.05) is 12.1 Å². The first-order valence-corrected chi connectivity index (χ1v) is 7.14. The van der Waals surface area contributed by atoms with E-state index in [2.05, 4.69) is 41.3 Å². The fourth-order valence-corrected chi connectivity index (χ4v) is 2.36. The third-order valence-electron chi connectivity index (χ3n) is 3.04. The molecule has 4 heteroatoms. The van der Waals surface area contributed by atoms with Gasteiger partial charge >= 0.3 is 0 Å². The van der Waals surface area contributed by atoms with Gasteiger partial charge in [0.05, 0.1) is 7.11 Å². The van der Waals surface area contributed by atoms with Gasteiger partial charge in [0.15, 0.2) is 0 Å². The maximum absolute atomic E-state index is 5.63. The van der Waals surface area contributed by atoms with E-state index in [9.17, 15) is 0 Å². The first-order chi connectivity index (χ1) is 8.56. The van der Waals surface area contributed by atoms with Gasteiger partial charge in [0.25, 0.3) is 0 Å². The van der Waals surface area contributed by atoms with Gasteiger partial charge in [0, 0.05) is 10.5 Å². The molecule has 0 aliphatic carbocycles. The lowest BCUT2D eigenvalue weighted by molar-refractivity contribution is 0.396. The topological polar surface area (TPSA) is 47.3 Å². The largest absolute Gasteiger partial charge is 0.496 e. The molecule has 1 unspecified atom stereocenters. The van der Waals surface area contributed by atoms with E-state index in [4.69, 9.17) is 10.6 Å². The summed E-state index contributed by atoms with van der Waals surface area (Å²) in [6.45, 7) is 4.46. The Labute approximate surface area is 118 Å². The van der Waals surface area contributed by atoms with Crippen LogP contribution in [0.5, 0.6) is 5.75 Å². The van der Waals surface area contributed by atoms with Crippen LogP contribution in [0.25, 0.3) is 0 Å². The third-order valence-corrected chi connectivity index (χ3v) is 3.53. The molecule has 0 bridgehead atoms. The molecule has 0 heterocycles. The molecular weight excluding hydrogens is 292 g/mol. The van der Waals surface area contributed by atoms with Gasteiger partial charge in [-0.05, 0) is 48.9 Å². The van der Waals surface area contributed by atoms with Crippen molar-refractivity contribution < 1.29 is 4.74 Å². The summed E-state index contributed by atoms with van der Waals surface area (Å²) < 4.78 is 6.45. The molecular formula is C14H23BrN2O. The predicted octanol–water partition coefficient (Wildman–Crippen LogP) is 3.27. The summed E-state index contributed by atoms with van der Waals surface area (Å²) >= 11 is 3.49. The Hall–Kier alpha value is -0.580. The summed E-state index contributed by atoms with van der Waals surface area (Å²) in [6, 6.07) is 6.35. The maximum Gasteiger partial charge on any atom is 0.122 e. The van der Waals surface area contributed by atoms with Crippen LogP contribution in [0.4, 0.5) is 0 Å². The second-order valence-corrected chi connectivity index (χ2v) is 5.91. The van der Waals surface area contributed by atoms with Crippen LogP contribution >= 0.6 is 15.9 Å². The maximum atomic E-state index is 5.63. The Balaban J connectivity index is 2.71. The molecule has 3 N–H and O–H groups in total. The van der Waals surface area contributed by atoms with Gasteiger partial charge in [-0.25, -0.2) is 0 Å². The molecule has 0 saturated heterocycles. The van der Waals surface area contributed by atoms with Crippen LogP contribution in [0.15, 0.2) is 22.7 Å². The lowest BCUT2D eigenvalue weighted by Crippen LogP contribution is -2.37. The van der Waals surface area contributed by atoms with E-state index >= 15 is 0 Å². The average Bonchev–Trinajstić information content (AvgIpc) is 2.34. The van der Waals surface area contributed by atoms with Crippen molar-refractivity contribution in [2.75, 3.05) is 7.11 Å². The lowest BCUT2D eigenvalue weighted by Gasteiger charge is -2.18. The molecule has 0 saturated carbocycles. The zero-order chi connectivity index (χ0) is 13.5. The number of nitrogens with two attached hydrogens (primary N) is 1. The van der Waals surface area contributed by atoms with Crippen molar-refractivity contribution in [3.63, 3.8) is 0 Å². The second-order valence-electron chi connectivity index (χ2n) is 5.00. The Bertz CT molecular complexity index is 369. The summed E-state index contributed by atoms with van der Waals surface area (Å²) in [4.78, 5) is 0. The normalized spacial score (nSPS) is 12.8. The number of methoxy groups -OCH3 is 1. The molecule has 3 nitrogen and oxygen atoms in total. The van der Waals surface area contributed by atoms with Gasteiger partial charge in [-0.15, -0.1) is 0 Å². The van der Waals surface area contributed by atoms with E-state index in [1.165, 1.54) is 12.0 Å². The van der Waals surface area contributed by atoms with E-state index < -0.39 is 0 Å². The highest BCUT2D eigenvalue weighted by atomic mass is 79.9. The van der Waals surface area contributed by atoms with E-state index in [-0.39, 0.29) is 6.04 Å². The van der Waals surface area contributed by atoms with Gasteiger partial charge in [0.2, 0.25) is 0 Å². The van der Waals surface area contributed by atoms with Gasteiger partial charge < -0.3 is 4.74 Å². The zero-order valence-corrected chi connectivity index (χ0v) is 13.0. The van der Waals surface area contributed by atoms with Crippen molar-refractivity contribution in [1.82, 2.24) is 5.43 Å². The number of hydrogen-bond donors (Lipinski definition) is 2. The summed E-state index contributed by atoms with van der Waals surface area (Å²) in [5, 5.41) is 0. The highest BCUT2D eigenvalue weighted by Crippen LogP contribution is 2.25. The Morgan fingerprint density at radius 1 is 1.33 bits per heavy atom. The van der Waals surface area contributed by atoms with Crippen molar-refractivity contribution in [2.45, 2.75) is 39.2 Å². The van der Waals surface area contributed by atoms with Crippen LogP contribution < -0.4 is 16.0 Å². The first-order valence-electron chi connectivity index (χ1n) is 6.35. The smallest absolute Gasteiger partial charge is 0.122 e. The zero-order valence-electron chi connectivity index (χ0n) is 11.4. The van der Waals surface area contributed by atoms with Crippen molar-refractivity contribution >= 4 is 15.9 Å². The molecule has 0 amide bonds. The fraction of sp³-hybridized carbons (Fsp3) is 0.571. The van der Waals surface area contributed by atoms with Crippen LogP contribution in [0.3, 0.4) is 0 Å². The molecule has 102 valence electrons. The van der Waals surface area contributed by atoms with Crippen molar-refractivity contribution in [1.29, 1.82) is 0 Å². The Kier molecular flexibility index (Phi) is 6.68. The Morgan fingerprint density at radius 3 is 2.61 bits per heavy atom. The van der Waals surface area contributed by atoms with Crippen LogP contribution in [0, 0.1) is 5.92 Å². The highest BCUT2D eigenvalue weighted by Gasteiger charge is 2.12. The summed E-state index contributed by atoms with van der Waals surface area (Å²) in [5.41, 5.74) is 4.09. The van der Waals surface area contributed by atoms with Crippen molar-refractivity contribution in [3.05, 3.63) is 28.2 Å². The number of nitrogens with one attached hydrogen (secondary N) is 1. The molecule has 0 aliphatic heterocycles. The summed E-state index contributed by atoms with van der Waals surface area (Å²) in [5.74, 6) is 7.25. The van der Waals surface area contributed by atoms with Gasteiger partial charge in [0.1, 0.15) is 5.75 Å². The summed E-state index contributed by atoms with van der Waals surface area (Å²) in [6.07, 6.45) is 3.13. The fourth-order valence-electron chi connectivity index (χ4n) is 1.95. The molecule has 0 aliphatic rings. The number of hydrogen-bond acceptors (Lipinski definition) is 3. The number of ether oxygens (including phenoxy) is 1. The van der Waals surface area contributed by atoms with Crippen LogP contribution in [-0.4, -0.2) is 13.2 Å². The molecule has 0 radical (unpaired) electrons. The minimum absolute atomic E-state index is 0.288. The quantitative estimate of drug-likeness (QED) is 0.600. The second kappa shape index (κ2) is 7.77. The van der Waals surface area contributed by atoms with Crippen LogP contribution in [0.1, 0.15) is 32.3 Å². The van der Waals surface area contributed by atoms with Crippen LogP contribution in [-0.2, 0) is 6.42 Å². The standard InChI is InChI=1S/C14H23BrN2O/c1-10(2)4-6-13(17-16)9-11-8-12(15)5-7-14(11)18-3/h5,7-8,10,13,17H,4,6,9,16H2,1-3H3. The van der Waals surface area contributed by atoms with Crippen molar-refractivity contribution in [2.24, 2.45) is 11.8 Å². The number of hydrazine groups is 1. The van der Waals surface area contributed by atoms with Gasteiger partial charge in [-0.2, -0.15) is 0 Å². The van der Waals surface area contributed by atoms with Crippen molar-refractivity contribution in [3.8, 4) is 5.75 Å². The molecule has 1 rings (SSSR count). The molecule has 18 heavy (non-hydrogen) atoms. The molecule has 0 aromatic heterocycles. The number of rotatable bonds is 7. The lowest BCUT2D eigenvalue weighted by atomic mass is 9.98. The average molecular weight is 315 g/mol. The Morgan fingerprint density at radius 2 is 2.06 bits per heavy atom. The van der Waals surface area contributed by atoms with E-state index in [0.29, 0.717) is 5.92 Å². The number of benzene rings is 1. The summed E-state index contributed by atoms with van der Waals surface area (Å²) in [7, 11) is 1.70. The number of halogens is 1. The van der Waals surface area contributed by atoms with E-state index in [0.717, 1.165) is 23.1 Å². The van der Waals surface area contributed by atoms with Crippen LogP contribution in [0.2, 0.25) is 0 Å².